The number of aliphatic hydroxyl groups is 2. The van der Waals surface area contributed by atoms with Crippen LogP contribution in [0.25, 0.3) is 0 Å². The summed E-state index contributed by atoms with van der Waals surface area (Å²) < 4.78 is 5.99. The van der Waals surface area contributed by atoms with Crippen molar-refractivity contribution < 1.29 is 14.9 Å². The Balaban J connectivity index is 2.35. The average Bonchev–Trinajstić information content (AvgIpc) is 2.46. The normalized spacial score (nSPS) is 11.7. The number of aromatic nitrogens is 1. The van der Waals surface area contributed by atoms with Gasteiger partial charge in [-0.2, -0.15) is 0 Å². The van der Waals surface area contributed by atoms with Gasteiger partial charge in [0.15, 0.2) is 0 Å². The van der Waals surface area contributed by atoms with Gasteiger partial charge in [0.25, 0.3) is 0 Å². The highest BCUT2D eigenvalue weighted by molar-refractivity contribution is 8.76. The van der Waals surface area contributed by atoms with Crippen LogP contribution in [0.4, 0.5) is 0 Å². The maximum absolute atomic E-state index is 9.13. The summed E-state index contributed by atoms with van der Waals surface area (Å²) in [7, 11) is 3.72. The lowest BCUT2D eigenvalue weighted by atomic mass is 10.1. The third kappa shape index (κ3) is 7.40. The Kier molecular flexibility index (Phi) is 8.48. The molecule has 0 spiro atoms. The first-order valence-corrected chi connectivity index (χ1v) is 9.62. The van der Waals surface area contributed by atoms with Crippen LogP contribution in [0, 0.1) is 0 Å². The number of pyridine rings is 1. The summed E-state index contributed by atoms with van der Waals surface area (Å²) in [5, 5.41) is 18.3. The van der Waals surface area contributed by atoms with Crippen LogP contribution in [-0.2, 0) is 13.2 Å². The van der Waals surface area contributed by atoms with Crippen LogP contribution in [0.15, 0.2) is 12.1 Å². The first kappa shape index (κ1) is 18.6. The Labute approximate surface area is 135 Å². The standard InChI is InChI=1S/C15H25NO3S2/c1-15(2,21-20-3)6-4-5-7-19-14-8-12(10-17)16-13(9-14)11-18/h8-9,17-18H,4-7,10-11H2,1-3H3. The molecule has 0 amide bonds. The molecule has 1 rings (SSSR count). The summed E-state index contributed by atoms with van der Waals surface area (Å²) >= 11 is 0. The lowest BCUT2D eigenvalue weighted by Crippen LogP contribution is -2.13. The van der Waals surface area contributed by atoms with E-state index in [0.29, 0.717) is 28.5 Å². The van der Waals surface area contributed by atoms with Crippen LogP contribution < -0.4 is 4.74 Å². The summed E-state index contributed by atoms with van der Waals surface area (Å²) in [6.45, 7) is 4.87. The lowest BCUT2D eigenvalue weighted by Gasteiger charge is -2.22. The van der Waals surface area contributed by atoms with E-state index in [4.69, 9.17) is 14.9 Å². The number of rotatable bonds is 10. The van der Waals surface area contributed by atoms with Crippen molar-refractivity contribution in [1.29, 1.82) is 0 Å². The summed E-state index contributed by atoms with van der Waals surface area (Å²) in [4.78, 5) is 4.08. The summed E-state index contributed by atoms with van der Waals surface area (Å²) in [5.41, 5.74) is 1.04. The number of hydrogen-bond donors (Lipinski definition) is 2. The Bertz CT molecular complexity index is 405. The molecule has 0 aliphatic rings. The highest BCUT2D eigenvalue weighted by atomic mass is 33.1. The molecule has 0 radical (unpaired) electrons. The average molecular weight is 332 g/mol. The van der Waals surface area contributed by atoms with Crippen LogP contribution in [0.3, 0.4) is 0 Å². The fraction of sp³-hybridized carbons (Fsp3) is 0.667. The number of aliphatic hydroxyl groups excluding tert-OH is 2. The van der Waals surface area contributed by atoms with E-state index >= 15 is 0 Å². The van der Waals surface area contributed by atoms with Crippen molar-refractivity contribution >= 4 is 21.6 Å². The molecule has 1 heterocycles. The Morgan fingerprint density at radius 1 is 1.14 bits per heavy atom. The Morgan fingerprint density at radius 2 is 1.76 bits per heavy atom. The molecule has 0 atom stereocenters. The van der Waals surface area contributed by atoms with Crippen LogP contribution in [-0.4, -0.2) is 32.8 Å². The van der Waals surface area contributed by atoms with E-state index in [2.05, 4.69) is 25.1 Å². The highest BCUT2D eigenvalue weighted by Gasteiger charge is 2.17. The molecule has 0 fully saturated rings. The van der Waals surface area contributed by atoms with Gasteiger partial charge in [-0.1, -0.05) is 21.6 Å². The zero-order valence-corrected chi connectivity index (χ0v) is 14.6. The van der Waals surface area contributed by atoms with Gasteiger partial charge in [-0.25, -0.2) is 0 Å². The quantitative estimate of drug-likeness (QED) is 0.506. The van der Waals surface area contributed by atoms with Gasteiger partial charge in [0.1, 0.15) is 5.75 Å². The van der Waals surface area contributed by atoms with Crippen LogP contribution in [0.2, 0.25) is 0 Å². The second-order valence-corrected chi connectivity index (χ2v) is 8.52. The van der Waals surface area contributed by atoms with Gasteiger partial charge in [0.05, 0.1) is 31.2 Å². The van der Waals surface area contributed by atoms with Crippen molar-refractivity contribution in [3.8, 4) is 5.75 Å². The van der Waals surface area contributed by atoms with Crippen molar-refractivity contribution in [3.05, 3.63) is 23.5 Å². The van der Waals surface area contributed by atoms with Crippen LogP contribution in [0.5, 0.6) is 5.75 Å². The zero-order chi connectivity index (χ0) is 15.7. The number of unbranched alkanes of at least 4 members (excludes halogenated alkanes) is 1. The van der Waals surface area contributed by atoms with Crippen molar-refractivity contribution in [1.82, 2.24) is 4.98 Å². The molecule has 1 aromatic heterocycles. The van der Waals surface area contributed by atoms with Crippen molar-refractivity contribution in [2.45, 2.75) is 51.1 Å². The molecule has 21 heavy (non-hydrogen) atoms. The van der Waals surface area contributed by atoms with Crippen molar-refractivity contribution in [3.63, 3.8) is 0 Å². The summed E-state index contributed by atoms with van der Waals surface area (Å²) in [6, 6.07) is 3.43. The molecule has 1 aromatic rings. The maximum Gasteiger partial charge on any atom is 0.123 e. The fourth-order valence-electron chi connectivity index (χ4n) is 1.97. The minimum atomic E-state index is -0.149. The number of hydrogen-bond acceptors (Lipinski definition) is 6. The first-order valence-electron chi connectivity index (χ1n) is 7.07. The zero-order valence-electron chi connectivity index (χ0n) is 13.0. The molecule has 6 heteroatoms. The van der Waals surface area contributed by atoms with E-state index in [0.717, 1.165) is 19.3 Å². The second kappa shape index (κ2) is 9.56. The van der Waals surface area contributed by atoms with E-state index < -0.39 is 0 Å². The van der Waals surface area contributed by atoms with Gasteiger partial charge >= 0.3 is 0 Å². The molecule has 0 aliphatic heterocycles. The molecule has 0 saturated heterocycles. The molecule has 0 saturated carbocycles. The van der Waals surface area contributed by atoms with Gasteiger partial charge in [0.2, 0.25) is 0 Å². The van der Waals surface area contributed by atoms with E-state index in [-0.39, 0.29) is 13.2 Å². The second-order valence-electron chi connectivity index (χ2n) is 5.42. The third-order valence-corrected chi connectivity index (χ3v) is 5.66. The molecule has 0 bridgehead atoms. The minimum Gasteiger partial charge on any atom is -0.493 e. The molecule has 0 unspecified atom stereocenters. The maximum atomic E-state index is 9.13. The Morgan fingerprint density at radius 3 is 2.29 bits per heavy atom. The van der Waals surface area contributed by atoms with Gasteiger partial charge in [-0.15, -0.1) is 0 Å². The van der Waals surface area contributed by atoms with Gasteiger partial charge in [-0.3, -0.25) is 4.98 Å². The largest absolute Gasteiger partial charge is 0.493 e. The van der Waals surface area contributed by atoms with Crippen LogP contribution in [0.1, 0.15) is 44.5 Å². The smallest absolute Gasteiger partial charge is 0.123 e. The SMILES string of the molecule is CSSC(C)(C)CCCCOc1cc(CO)nc(CO)c1. The molecular weight excluding hydrogens is 306 g/mol. The lowest BCUT2D eigenvalue weighted by molar-refractivity contribution is 0.260. The van der Waals surface area contributed by atoms with E-state index in [1.165, 1.54) is 0 Å². The predicted octanol–water partition coefficient (Wildman–Crippen LogP) is 3.41. The van der Waals surface area contributed by atoms with E-state index in [1.807, 2.05) is 21.6 Å². The molecule has 0 aliphatic carbocycles. The summed E-state index contributed by atoms with van der Waals surface area (Å²) in [6.07, 6.45) is 5.37. The van der Waals surface area contributed by atoms with Gasteiger partial charge < -0.3 is 14.9 Å². The molecule has 4 nitrogen and oxygen atoms in total. The monoisotopic (exact) mass is 331 g/mol. The molecule has 2 N–H and O–H groups in total. The topological polar surface area (TPSA) is 62.6 Å². The Hall–Kier alpha value is -0.430. The van der Waals surface area contributed by atoms with Gasteiger partial charge in [-0.05, 0) is 39.4 Å². The minimum absolute atomic E-state index is 0.149. The highest BCUT2D eigenvalue weighted by Crippen LogP contribution is 2.37. The van der Waals surface area contributed by atoms with E-state index in [1.54, 1.807) is 12.1 Å². The molecule has 120 valence electrons. The number of ether oxygens (including phenoxy) is 1. The molecular formula is C15H25NO3S2. The number of nitrogens with zero attached hydrogens (tertiary/aromatic N) is 1. The van der Waals surface area contributed by atoms with Crippen molar-refractivity contribution in [2.24, 2.45) is 0 Å². The van der Waals surface area contributed by atoms with Crippen LogP contribution >= 0.6 is 21.6 Å². The fourth-order valence-corrected chi connectivity index (χ4v) is 4.26. The van der Waals surface area contributed by atoms with Gasteiger partial charge in [0, 0.05) is 16.9 Å². The molecule has 0 aromatic carbocycles. The van der Waals surface area contributed by atoms with Crippen molar-refractivity contribution in [2.75, 3.05) is 12.9 Å². The van der Waals surface area contributed by atoms with E-state index in [9.17, 15) is 0 Å². The predicted molar refractivity (Wildman–Crippen MR) is 90.6 cm³/mol. The summed E-state index contributed by atoms with van der Waals surface area (Å²) in [5.74, 6) is 0.663. The third-order valence-electron chi connectivity index (χ3n) is 2.98. The first-order chi connectivity index (χ1) is 10.0.